The molecule has 0 amide bonds. The highest BCUT2D eigenvalue weighted by Gasteiger charge is 2.25. The van der Waals surface area contributed by atoms with Crippen LogP contribution in [0.25, 0.3) is 0 Å². The topological polar surface area (TPSA) is 113 Å². The summed E-state index contributed by atoms with van der Waals surface area (Å²) in [4.78, 5) is 19.2. The molecule has 1 saturated carbocycles. The van der Waals surface area contributed by atoms with Gasteiger partial charge in [0, 0.05) is 12.6 Å². The van der Waals surface area contributed by atoms with E-state index in [2.05, 4.69) is 20.6 Å². The molecule has 1 unspecified atom stereocenters. The van der Waals surface area contributed by atoms with E-state index in [-0.39, 0.29) is 17.5 Å². The summed E-state index contributed by atoms with van der Waals surface area (Å²) in [5.74, 6) is 0.555. The smallest absolute Gasteiger partial charge is 0.332 e. The molecule has 1 atom stereocenters. The third-order valence-electron chi connectivity index (χ3n) is 3.74. The number of nitro groups is 1. The van der Waals surface area contributed by atoms with Gasteiger partial charge in [-0.15, -0.1) is 0 Å². The van der Waals surface area contributed by atoms with Crippen molar-refractivity contribution < 1.29 is 10.0 Å². The molecule has 1 aliphatic rings. The van der Waals surface area contributed by atoms with E-state index in [1.165, 1.54) is 6.42 Å². The Labute approximate surface area is 129 Å². The second kappa shape index (κ2) is 7.35. The molecule has 1 fully saturated rings. The molecule has 1 aliphatic carbocycles. The molecule has 3 N–H and O–H groups in total. The third kappa shape index (κ3) is 4.27. The van der Waals surface area contributed by atoms with Gasteiger partial charge in [-0.2, -0.15) is 4.98 Å². The highest BCUT2D eigenvalue weighted by atomic mass is 16.6. The Morgan fingerprint density at radius 2 is 2.05 bits per heavy atom. The number of rotatable bonds is 6. The Morgan fingerprint density at radius 3 is 2.64 bits per heavy atom. The normalized spacial score (nSPS) is 17.0. The van der Waals surface area contributed by atoms with Gasteiger partial charge in [0.15, 0.2) is 0 Å². The third-order valence-corrected chi connectivity index (χ3v) is 3.74. The van der Waals surface area contributed by atoms with Gasteiger partial charge < -0.3 is 15.7 Å². The number of nitrogens with one attached hydrogen (secondary N) is 2. The summed E-state index contributed by atoms with van der Waals surface area (Å²) < 4.78 is 0. The lowest BCUT2D eigenvalue weighted by Gasteiger charge is -2.23. The zero-order valence-electron chi connectivity index (χ0n) is 13.0. The number of anilines is 2. The van der Waals surface area contributed by atoms with E-state index in [1.807, 2.05) is 0 Å². The van der Waals surface area contributed by atoms with Crippen molar-refractivity contribution >= 4 is 17.5 Å². The molecule has 0 aliphatic heterocycles. The molecule has 8 nitrogen and oxygen atoms in total. The summed E-state index contributed by atoms with van der Waals surface area (Å²) in [6.45, 7) is 3.53. The van der Waals surface area contributed by atoms with E-state index < -0.39 is 11.0 Å². The highest BCUT2D eigenvalue weighted by molar-refractivity contribution is 5.61. The SMILES string of the molecule is Cc1nc(NCC(C)O)nc(NC2CCCCC2)c1[N+](=O)[O-]. The van der Waals surface area contributed by atoms with Crippen LogP contribution in [0, 0.1) is 17.0 Å². The number of aryl methyl sites for hydroxylation is 1. The minimum Gasteiger partial charge on any atom is -0.392 e. The van der Waals surface area contributed by atoms with Crippen molar-refractivity contribution in [3.8, 4) is 0 Å². The van der Waals surface area contributed by atoms with Gasteiger partial charge in [0.2, 0.25) is 11.8 Å². The zero-order valence-corrected chi connectivity index (χ0v) is 13.0. The van der Waals surface area contributed by atoms with Gasteiger partial charge in [-0.05, 0) is 26.7 Å². The van der Waals surface area contributed by atoms with E-state index >= 15 is 0 Å². The van der Waals surface area contributed by atoms with E-state index in [9.17, 15) is 15.2 Å². The number of hydrogen-bond donors (Lipinski definition) is 3. The van der Waals surface area contributed by atoms with Crippen LogP contribution in [0.4, 0.5) is 17.5 Å². The van der Waals surface area contributed by atoms with Crippen molar-refractivity contribution in [2.75, 3.05) is 17.2 Å². The average Bonchev–Trinajstić information content (AvgIpc) is 2.45. The fourth-order valence-electron chi connectivity index (χ4n) is 2.64. The van der Waals surface area contributed by atoms with Gasteiger partial charge in [-0.1, -0.05) is 19.3 Å². The molecular weight excluding hydrogens is 286 g/mol. The van der Waals surface area contributed by atoms with E-state index in [0.29, 0.717) is 18.2 Å². The maximum Gasteiger partial charge on any atom is 0.332 e. The molecule has 0 aromatic carbocycles. The Bertz CT molecular complexity index is 529. The van der Waals surface area contributed by atoms with Gasteiger partial charge in [-0.25, -0.2) is 4.98 Å². The van der Waals surface area contributed by atoms with Crippen LogP contribution in [0.15, 0.2) is 0 Å². The van der Waals surface area contributed by atoms with Crippen LogP contribution in [0.5, 0.6) is 0 Å². The molecule has 22 heavy (non-hydrogen) atoms. The zero-order chi connectivity index (χ0) is 16.1. The molecule has 0 saturated heterocycles. The number of nitrogens with zero attached hydrogens (tertiary/aromatic N) is 3. The second-order valence-electron chi connectivity index (χ2n) is 5.80. The molecule has 2 rings (SSSR count). The number of aromatic nitrogens is 2. The Morgan fingerprint density at radius 1 is 1.36 bits per heavy atom. The second-order valence-corrected chi connectivity index (χ2v) is 5.80. The molecule has 0 spiro atoms. The lowest BCUT2D eigenvalue weighted by Crippen LogP contribution is -2.24. The predicted octanol–water partition coefficient (Wildman–Crippen LogP) is 2.23. The van der Waals surface area contributed by atoms with Gasteiger partial charge in [0.1, 0.15) is 5.69 Å². The van der Waals surface area contributed by atoms with Crippen molar-refractivity contribution in [2.24, 2.45) is 0 Å². The fraction of sp³-hybridized carbons (Fsp3) is 0.714. The Hall–Kier alpha value is -1.96. The summed E-state index contributed by atoms with van der Waals surface area (Å²) in [5.41, 5.74) is 0.236. The first-order valence-corrected chi connectivity index (χ1v) is 7.69. The molecule has 1 aromatic rings. The van der Waals surface area contributed by atoms with Crippen molar-refractivity contribution in [1.29, 1.82) is 0 Å². The van der Waals surface area contributed by atoms with Gasteiger partial charge in [0.25, 0.3) is 0 Å². The minimum absolute atomic E-state index is 0.0758. The van der Waals surface area contributed by atoms with Crippen LogP contribution in [0.3, 0.4) is 0 Å². The van der Waals surface area contributed by atoms with Crippen LogP contribution < -0.4 is 10.6 Å². The van der Waals surface area contributed by atoms with Gasteiger partial charge in [-0.3, -0.25) is 10.1 Å². The standard InChI is InChI=1S/C14H23N5O3/c1-9(20)8-15-14-16-10(2)12(19(21)22)13(18-14)17-11-6-4-3-5-7-11/h9,11,20H,3-8H2,1-2H3,(H2,15,16,17,18). The predicted molar refractivity (Wildman–Crippen MR) is 84.1 cm³/mol. The summed E-state index contributed by atoms with van der Waals surface area (Å²) >= 11 is 0. The summed E-state index contributed by atoms with van der Waals surface area (Å²) in [6.07, 6.45) is 4.91. The van der Waals surface area contributed by atoms with Crippen molar-refractivity contribution in [2.45, 2.75) is 58.1 Å². The Balaban J connectivity index is 2.24. The molecule has 0 radical (unpaired) electrons. The average molecular weight is 309 g/mol. The van der Waals surface area contributed by atoms with E-state index in [1.54, 1.807) is 13.8 Å². The Kier molecular flexibility index (Phi) is 5.48. The quantitative estimate of drug-likeness (QED) is 0.545. The first-order chi connectivity index (χ1) is 10.5. The molecule has 0 bridgehead atoms. The molecule has 122 valence electrons. The lowest BCUT2D eigenvalue weighted by atomic mass is 9.95. The largest absolute Gasteiger partial charge is 0.392 e. The van der Waals surface area contributed by atoms with Gasteiger partial charge in [0.05, 0.1) is 11.0 Å². The summed E-state index contributed by atoms with van der Waals surface area (Å²) in [5, 5.41) is 26.7. The first-order valence-electron chi connectivity index (χ1n) is 7.69. The maximum absolute atomic E-state index is 11.3. The molecule has 1 aromatic heterocycles. The highest BCUT2D eigenvalue weighted by Crippen LogP contribution is 2.29. The molecular formula is C14H23N5O3. The first kappa shape index (κ1) is 16.4. The van der Waals surface area contributed by atoms with Crippen molar-refractivity contribution in [3.63, 3.8) is 0 Å². The van der Waals surface area contributed by atoms with Crippen LogP contribution in [0.1, 0.15) is 44.7 Å². The maximum atomic E-state index is 11.3. The van der Waals surface area contributed by atoms with Crippen molar-refractivity contribution in [1.82, 2.24) is 9.97 Å². The summed E-state index contributed by atoms with van der Waals surface area (Å²) in [6, 6.07) is 0.214. The fourth-order valence-corrected chi connectivity index (χ4v) is 2.64. The molecule has 1 heterocycles. The molecule has 8 heteroatoms. The summed E-state index contributed by atoms with van der Waals surface area (Å²) in [7, 11) is 0. The van der Waals surface area contributed by atoms with Crippen molar-refractivity contribution in [3.05, 3.63) is 15.8 Å². The van der Waals surface area contributed by atoms with Crippen LogP contribution in [-0.2, 0) is 0 Å². The number of aliphatic hydroxyl groups excluding tert-OH is 1. The number of aliphatic hydroxyl groups is 1. The van der Waals surface area contributed by atoms with E-state index in [4.69, 9.17) is 0 Å². The van der Waals surface area contributed by atoms with Crippen LogP contribution in [0.2, 0.25) is 0 Å². The monoisotopic (exact) mass is 309 g/mol. The van der Waals surface area contributed by atoms with E-state index in [0.717, 1.165) is 25.7 Å². The lowest BCUT2D eigenvalue weighted by molar-refractivity contribution is -0.385. The van der Waals surface area contributed by atoms with Gasteiger partial charge >= 0.3 is 5.69 Å². The number of hydrogen-bond acceptors (Lipinski definition) is 7. The van der Waals surface area contributed by atoms with Crippen LogP contribution >= 0.6 is 0 Å². The minimum atomic E-state index is -0.547. The van der Waals surface area contributed by atoms with Crippen LogP contribution in [-0.4, -0.2) is 38.7 Å².